The highest BCUT2D eigenvalue weighted by atomic mass is 19.1. The van der Waals surface area contributed by atoms with E-state index in [4.69, 9.17) is 4.74 Å². The van der Waals surface area contributed by atoms with Gasteiger partial charge in [-0.3, -0.25) is 9.59 Å². The van der Waals surface area contributed by atoms with E-state index in [2.05, 4.69) is 23.8 Å². The Hall–Kier alpha value is -3.67. The number of carbonyl (C=O) groups is 2. The summed E-state index contributed by atoms with van der Waals surface area (Å²) in [4.78, 5) is 25.1. The van der Waals surface area contributed by atoms with Crippen molar-refractivity contribution in [1.29, 1.82) is 0 Å². The van der Waals surface area contributed by atoms with Crippen molar-refractivity contribution < 1.29 is 18.7 Å². The zero-order valence-corrected chi connectivity index (χ0v) is 16.2. The van der Waals surface area contributed by atoms with Crippen molar-refractivity contribution in [3.05, 3.63) is 96.4 Å². The second kappa shape index (κ2) is 10.6. The summed E-state index contributed by atoms with van der Waals surface area (Å²) in [6, 6.07) is 10.3. The van der Waals surface area contributed by atoms with Gasteiger partial charge in [0.1, 0.15) is 11.6 Å². The maximum Gasteiger partial charge on any atom is 0.258 e. The molecule has 2 aromatic carbocycles. The minimum absolute atomic E-state index is 0.119. The minimum Gasteiger partial charge on any atom is -0.497 e. The maximum absolute atomic E-state index is 13.9. The van der Waals surface area contributed by atoms with E-state index < -0.39 is 11.7 Å². The van der Waals surface area contributed by atoms with E-state index >= 15 is 0 Å². The van der Waals surface area contributed by atoms with E-state index in [1.54, 1.807) is 30.4 Å². The molecule has 0 heterocycles. The minimum atomic E-state index is -0.659. The van der Waals surface area contributed by atoms with Gasteiger partial charge in [0.15, 0.2) is 0 Å². The predicted octanol–water partition coefficient (Wildman–Crippen LogP) is 4.50. The van der Waals surface area contributed by atoms with Gasteiger partial charge in [0, 0.05) is 12.6 Å². The first kappa shape index (κ1) is 21.6. The standard InChI is InChI=1S/C23H23FN2O3/c1-4-8-16(5-2)13-14-25-22(27)19-12-11-17(29-3)15-21(19)26-23(28)18-9-6-7-10-20(18)24/h4-12,15H,1-2,13-14H2,3H3,(H,25,27)(H,26,28)/b16-8+. The zero-order valence-electron chi connectivity index (χ0n) is 16.2. The molecule has 150 valence electrons. The van der Waals surface area contributed by atoms with Gasteiger partial charge in [0.05, 0.1) is 23.9 Å². The van der Waals surface area contributed by atoms with E-state index in [-0.39, 0.29) is 22.7 Å². The summed E-state index contributed by atoms with van der Waals surface area (Å²) in [5.74, 6) is -1.23. The monoisotopic (exact) mass is 394 g/mol. The maximum atomic E-state index is 13.9. The highest BCUT2D eigenvalue weighted by Crippen LogP contribution is 2.24. The number of hydrogen-bond donors (Lipinski definition) is 2. The highest BCUT2D eigenvalue weighted by molar-refractivity contribution is 6.09. The van der Waals surface area contributed by atoms with Crippen LogP contribution < -0.4 is 15.4 Å². The first-order valence-corrected chi connectivity index (χ1v) is 8.96. The lowest BCUT2D eigenvalue weighted by Gasteiger charge is -2.13. The third kappa shape index (κ3) is 5.90. The fourth-order valence-corrected chi connectivity index (χ4v) is 2.61. The van der Waals surface area contributed by atoms with Gasteiger partial charge in [0.2, 0.25) is 0 Å². The lowest BCUT2D eigenvalue weighted by molar-refractivity contribution is 0.0955. The number of carbonyl (C=O) groups excluding carboxylic acids is 2. The second-order valence-electron chi connectivity index (χ2n) is 6.03. The molecule has 29 heavy (non-hydrogen) atoms. The highest BCUT2D eigenvalue weighted by Gasteiger charge is 2.17. The van der Waals surface area contributed by atoms with Crippen molar-refractivity contribution in [2.75, 3.05) is 19.0 Å². The Morgan fingerprint density at radius 3 is 2.52 bits per heavy atom. The molecule has 2 rings (SSSR count). The molecule has 0 saturated carbocycles. The van der Waals surface area contributed by atoms with Crippen LogP contribution in [0.5, 0.6) is 5.75 Å². The Bertz CT molecular complexity index is 951. The van der Waals surface area contributed by atoms with Crippen LogP contribution in [0.4, 0.5) is 10.1 Å². The van der Waals surface area contributed by atoms with Gasteiger partial charge >= 0.3 is 0 Å². The van der Waals surface area contributed by atoms with Crippen LogP contribution in [0.15, 0.2) is 79.4 Å². The Labute approximate surface area is 169 Å². The third-order valence-corrected chi connectivity index (χ3v) is 4.13. The van der Waals surface area contributed by atoms with Crippen LogP contribution >= 0.6 is 0 Å². The number of amides is 2. The number of rotatable bonds is 9. The summed E-state index contributed by atoms with van der Waals surface area (Å²) < 4.78 is 19.1. The molecule has 5 nitrogen and oxygen atoms in total. The molecule has 0 atom stereocenters. The number of benzene rings is 2. The average molecular weight is 394 g/mol. The molecule has 0 aliphatic rings. The van der Waals surface area contributed by atoms with Gasteiger partial charge in [-0.15, -0.1) is 0 Å². The molecular formula is C23H23FN2O3. The van der Waals surface area contributed by atoms with Crippen LogP contribution in [0.2, 0.25) is 0 Å². The summed E-state index contributed by atoms with van der Waals surface area (Å²) >= 11 is 0. The zero-order chi connectivity index (χ0) is 21.2. The summed E-state index contributed by atoms with van der Waals surface area (Å²) in [6.07, 6.45) is 5.74. The van der Waals surface area contributed by atoms with Crippen molar-refractivity contribution in [3.8, 4) is 5.75 Å². The number of methoxy groups -OCH3 is 1. The molecule has 2 N–H and O–H groups in total. The fraction of sp³-hybridized carbons (Fsp3) is 0.130. The van der Waals surface area contributed by atoms with Crippen LogP contribution in [0.3, 0.4) is 0 Å². The van der Waals surface area contributed by atoms with Crippen molar-refractivity contribution in [1.82, 2.24) is 5.32 Å². The van der Waals surface area contributed by atoms with E-state index in [9.17, 15) is 14.0 Å². The largest absolute Gasteiger partial charge is 0.497 e. The van der Waals surface area contributed by atoms with Crippen LogP contribution in [-0.4, -0.2) is 25.5 Å². The number of allylic oxidation sites excluding steroid dienone is 3. The molecular weight excluding hydrogens is 371 g/mol. The Morgan fingerprint density at radius 2 is 1.86 bits per heavy atom. The van der Waals surface area contributed by atoms with Crippen LogP contribution in [0.25, 0.3) is 0 Å². The van der Waals surface area contributed by atoms with E-state index in [1.165, 1.54) is 31.4 Å². The molecule has 2 amide bonds. The van der Waals surface area contributed by atoms with Crippen molar-refractivity contribution in [3.63, 3.8) is 0 Å². The number of hydrogen-bond acceptors (Lipinski definition) is 3. The molecule has 0 aliphatic carbocycles. The van der Waals surface area contributed by atoms with E-state index in [1.807, 2.05) is 6.08 Å². The molecule has 0 spiro atoms. The normalized spacial score (nSPS) is 10.8. The first-order valence-electron chi connectivity index (χ1n) is 8.96. The van der Waals surface area contributed by atoms with Crippen LogP contribution in [0.1, 0.15) is 27.1 Å². The Kier molecular flexibility index (Phi) is 7.91. The number of ether oxygens (including phenoxy) is 1. The number of nitrogens with one attached hydrogen (secondary N) is 2. The molecule has 0 aromatic heterocycles. The van der Waals surface area contributed by atoms with Crippen molar-refractivity contribution in [2.24, 2.45) is 0 Å². The lowest BCUT2D eigenvalue weighted by atomic mass is 10.1. The van der Waals surface area contributed by atoms with Gasteiger partial charge in [-0.05, 0) is 36.3 Å². The first-order chi connectivity index (χ1) is 14.0. The molecule has 0 bridgehead atoms. The quantitative estimate of drug-likeness (QED) is 0.615. The summed E-state index contributed by atoms with van der Waals surface area (Å²) in [5, 5.41) is 5.39. The average Bonchev–Trinajstić information content (AvgIpc) is 2.73. The predicted molar refractivity (Wildman–Crippen MR) is 113 cm³/mol. The van der Waals surface area contributed by atoms with Gasteiger partial charge < -0.3 is 15.4 Å². The van der Waals surface area contributed by atoms with Crippen LogP contribution in [0, 0.1) is 5.82 Å². The van der Waals surface area contributed by atoms with Crippen molar-refractivity contribution >= 4 is 17.5 Å². The van der Waals surface area contributed by atoms with Crippen molar-refractivity contribution in [2.45, 2.75) is 6.42 Å². The molecule has 0 radical (unpaired) electrons. The Balaban J connectivity index is 2.19. The SMILES string of the molecule is C=C/C=C(\C=C)CCNC(=O)c1ccc(OC)cc1NC(=O)c1ccccc1F. The van der Waals surface area contributed by atoms with Gasteiger partial charge in [0.25, 0.3) is 11.8 Å². The topological polar surface area (TPSA) is 67.4 Å². The summed E-state index contributed by atoms with van der Waals surface area (Å²) in [7, 11) is 1.47. The second-order valence-corrected chi connectivity index (χ2v) is 6.03. The van der Waals surface area contributed by atoms with E-state index in [0.29, 0.717) is 18.7 Å². The van der Waals surface area contributed by atoms with E-state index in [0.717, 1.165) is 5.57 Å². The van der Waals surface area contributed by atoms with Crippen LogP contribution in [-0.2, 0) is 0 Å². The molecule has 0 saturated heterocycles. The van der Waals surface area contributed by atoms with Gasteiger partial charge in [-0.2, -0.15) is 0 Å². The molecule has 6 heteroatoms. The third-order valence-electron chi connectivity index (χ3n) is 4.13. The fourth-order valence-electron chi connectivity index (χ4n) is 2.61. The summed E-state index contributed by atoms with van der Waals surface area (Å²) in [5.41, 5.74) is 1.28. The Morgan fingerprint density at radius 1 is 1.10 bits per heavy atom. The lowest BCUT2D eigenvalue weighted by Crippen LogP contribution is -2.26. The molecule has 0 unspecified atom stereocenters. The number of halogens is 1. The van der Waals surface area contributed by atoms with Gasteiger partial charge in [-0.25, -0.2) is 4.39 Å². The summed E-state index contributed by atoms with van der Waals surface area (Å²) in [6.45, 7) is 7.72. The molecule has 2 aromatic rings. The molecule has 0 aliphatic heterocycles. The smallest absolute Gasteiger partial charge is 0.258 e. The number of anilines is 1. The van der Waals surface area contributed by atoms with Gasteiger partial charge in [-0.1, -0.05) is 43.5 Å². The molecule has 0 fully saturated rings.